The van der Waals surface area contributed by atoms with Gasteiger partial charge in [0.2, 0.25) is 0 Å². The Balaban J connectivity index is 2.34. The largest absolute Gasteiger partial charge is 0.396 e. The topological polar surface area (TPSA) is 20.2 Å². The fourth-order valence-corrected chi connectivity index (χ4v) is 2.58. The molecule has 0 aliphatic heterocycles. The molecule has 0 aromatic heterocycles. The van der Waals surface area contributed by atoms with E-state index in [9.17, 15) is 5.11 Å². The highest BCUT2D eigenvalue weighted by atomic mass is 16.3. The van der Waals surface area contributed by atoms with E-state index in [0.717, 1.165) is 6.42 Å². The predicted octanol–water partition coefficient (Wildman–Crippen LogP) is 4.12. The quantitative estimate of drug-likeness (QED) is 0.767. The first kappa shape index (κ1) is 13.6. The number of benzene rings is 2. The molecule has 1 unspecified atom stereocenters. The first-order valence-corrected chi connectivity index (χ1v) is 6.68. The molecule has 0 heterocycles. The highest BCUT2D eigenvalue weighted by Gasteiger charge is 2.22. The standard InChI is InChI=1S/C18H20O/c1-2-9-17(15-10-5-3-6-11-15)18(14-19)16-12-7-4-8-13-16/h2-8,10-13,17-19H,1,9,14H2/t17?,18-/m0/s1. The van der Waals surface area contributed by atoms with E-state index in [1.807, 2.05) is 42.5 Å². The molecule has 0 spiro atoms. The summed E-state index contributed by atoms with van der Waals surface area (Å²) >= 11 is 0. The van der Waals surface area contributed by atoms with Gasteiger partial charge in [-0.1, -0.05) is 66.7 Å². The molecule has 2 aromatic carbocycles. The third-order valence-electron chi connectivity index (χ3n) is 3.56. The first-order valence-electron chi connectivity index (χ1n) is 6.68. The summed E-state index contributed by atoms with van der Waals surface area (Å²) in [6.45, 7) is 4.00. The Morgan fingerprint density at radius 1 is 0.842 bits per heavy atom. The smallest absolute Gasteiger partial charge is 0.0505 e. The van der Waals surface area contributed by atoms with Gasteiger partial charge in [-0.05, 0) is 23.5 Å². The van der Waals surface area contributed by atoms with E-state index >= 15 is 0 Å². The normalized spacial score (nSPS) is 13.7. The van der Waals surface area contributed by atoms with Gasteiger partial charge in [-0.3, -0.25) is 0 Å². The first-order chi connectivity index (χ1) is 9.36. The van der Waals surface area contributed by atoms with Crippen LogP contribution < -0.4 is 0 Å². The van der Waals surface area contributed by atoms with Crippen molar-refractivity contribution >= 4 is 0 Å². The molecule has 0 saturated carbocycles. The Morgan fingerprint density at radius 3 is 1.74 bits per heavy atom. The number of aliphatic hydroxyl groups excluding tert-OH is 1. The zero-order chi connectivity index (χ0) is 13.5. The van der Waals surface area contributed by atoms with Gasteiger partial charge in [0.15, 0.2) is 0 Å². The summed E-state index contributed by atoms with van der Waals surface area (Å²) < 4.78 is 0. The second-order valence-corrected chi connectivity index (χ2v) is 4.74. The minimum absolute atomic E-state index is 0.113. The molecule has 2 atom stereocenters. The molecule has 2 rings (SSSR count). The monoisotopic (exact) mass is 252 g/mol. The van der Waals surface area contributed by atoms with Crippen molar-refractivity contribution in [1.82, 2.24) is 0 Å². The van der Waals surface area contributed by atoms with Crippen molar-refractivity contribution < 1.29 is 5.11 Å². The number of allylic oxidation sites excluding steroid dienone is 1. The fraction of sp³-hybridized carbons (Fsp3) is 0.222. The third kappa shape index (κ3) is 3.33. The van der Waals surface area contributed by atoms with Gasteiger partial charge in [0.1, 0.15) is 0 Å². The molecule has 19 heavy (non-hydrogen) atoms. The van der Waals surface area contributed by atoms with Crippen LogP contribution in [0.5, 0.6) is 0 Å². The molecule has 0 saturated heterocycles. The number of hydrogen-bond acceptors (Lipinski definition) is 1. The van der Waals surface area contributed by atoms with E-state index in [4.69, 9.17) is 0 Å². The van der Waals surface area contributed by atoms with E-state index in [1.165, 1.54) is 11.1 Å². The van der Waals surface area contributed by atoms with Crippen LogP contribution in [0.25, 0.3) is 0 Å². The number of aliphatic hydroxyl groups is 1. The fourth-order valence-electron chi connectivity index (χ4n) is 2.58. The van der Waals surface area contributed by atoms with Crippen molar-refractivity contribution in [1.29, 1.82) is 0 Å². The Hall–Kier alpha value is -1.86. The minimum Gasteiger partial charge on any atom is -0.396 e. The molecule has 2 aromatic rings. The lowest BCUT2D eigenvalue weighted by atomic mass is 9.80. The van der Waals surface area contributed by atoms with Gasteiger partial charge in [0, 0.05) is 5.92 Å². The molecule has 0 aliphatic carbocycles. The molecule has 0 amide bonds. The number of rotatable bonds is 6. The highest BCUT2D eigenvalue weighted by Crippen LogP contribution is 2.35. The van der Waals surface area contributed by atoms with Crippen LogP contribution in [0.1, 0.15) is 29.4 Å². The average Bonchev–Trinajstić information content (AvgIpc) is 2.49. The van der Waals surface area contributed by atoms with Gasteiger partial charge in [-0.15, -0.1) is 6.58 Å². The Labute approximate surface area is 115 Å². The second kappa shape index (κ2) is 6.91. The molecular formula is C18H20O. The second-order valence-electron chi connectivity index (χ2n) is 4.74. The molecule has 1 N–H and O–H groups in total. The van der Waals surface area contributed by atoms with Crippen LogP contribution in [-0.2, 0) is 0 Å². The van der Waals surface area contributed by atoms with Gasteiger partial charge in [-0.2, -0.15) is 0 Å². The Morgan fingerprint density at radius 2 is 1.32 bits per heavy atom. The van der Waals surface area contributed by atoms with Gasteiger partial charge in [-0.25, -0.2) is 0 Å². The summed E-state index contributed by atoms with van der Waals surface area (Å²) in [6, 6.07) is 20.6. The summed E-state index contributed by atoms with van der Waals surface area (Å²) in [5.74, 6) is 0.382. The van der Waals surface area contributed by atoms with Crippen LogP contribution in [0.3, 0.4) is 0 Å². The van der Waals surface area contributed by atoms with Gasteiger partial charge in [0.25, 0.3) is 0 Å². The molecule has 0 fully saturated rings. The van der Waals surface area contributed by atoms with Crippen LogP contribution in [0, 0.1) is 0 Å². The number of hydrogen-bond donors (Lipinski definition) is 1. The minimum atomic E-state index is 0.113. The zero-order valence-electron chi connectivity index (χ0n) is 11.1. The molecule has 0 bridgehead atoms. The van der Waals surface area contributed by atoms with E-state index < -0.39 is 0 Å². The van der Waals surface area contributed by atoms with Crippen LogP contribution >= 0.6 is 0 Å². The van der Waals surface area contributed by atoms with Crippen LogP contribution in [0.4, 0.5) is 0 Å². The van der Waals surface area contributed by atoms with Crippen molar-refractivity contribution in [2.45, 2.75) is 18.3 Å². The van der Waals surface area contributed by atoms with E-state index in [-0.39, 0.29) is 18.4 Å². The summed E-state index contributed by atoms with van der Waals surface area (Å²) in [5.41, 5.74) is 2.44. The van der Waals surface area contributed by atoms with E-state index in [1.54, 1.807) is 0 Å². The van der Waals surface area contributed by atoms with E-state index in [2.05, 4.69) is 30.8 Å². The lowest BCUT2D eigenvalue weighted by Crippen LogP contribution is -2.14. The van der Waals surface area contributed by atoms with Crippen molar-refractivity contribution in [2.75, 3.05) is 6.61 Å². The van der Waals surface area contributed by atoms with Gasteiger partial charge < -0.3 is 5.11 Å². The summed E-state index contributed by atoms with van der Waals surface area (Å²) in [7, 11) is 0. The van der Waals surface area contributed by atoms with E-state index in [0.29, 0.717) is 0 Å². The Bertz CT molecular complexity index is 490. The van der Waals surface area contributed by atoms with Gasteiger partial charge in [0.05, 0.1) is 6.61 Å². The summed E-state index contributed by atoms with van der Waals surface area (Å²) in [4.78, 5) is 0. The zero-order valence-corrected chi connectivity index (χ0v) is 11.1. The lowest BCUT2D eigenvalue weighted by Gasteiger charge is -2.25. The Kier molecular flexibility index (Phi) is 4.93. The molecule has 1 heteroatoms. The molecule has 0 aliphatic rings. The van der Waals surface area contributed by atoms with Crippen LogP contribution in [0.15, 0.2) is 73.3 Å². The SMILES string of the molecule is C=CCC(c1ccccc1)[C@@H](CO)c1ccccc1. The maximum atomic E-state index is 9.80. The summed E-state index contributed by atoms with van der Waals surface area (Å²) in [6.07, 6.45) is 2.80. The maximum Gasteiger partial charge on any atom is 0.0505 e. The maximum absolute atomic E-state index is 9.80. The average molecular weight is 252 g/mol. The third-order valence-corrected chi connectivity index (χ3v) is 3.56. The predicted molar refractivity (Wildman–Crippen MR) is 80.3 cm³/mol. The molecular weight excluding hydrogens is 232 g/mol. The summed E-state index contributed by atoms with van der Waals surface area (Å²) in [5, 5.41) is 9.80. The van der Waals surface area contributed by atoms with Crippen molar-refractivity contribution in [3.63, 3.8) is 0 Å². The lowest BCUT2D eigenvalue weighted by molar-refractivity contribution is 0.247. The van der Waals surface area contributed by atoms with Crippen molar-refractivity contribution in [3.8, 4) is 0 Å². The molecule has 98 valence electrons. The van der Waals surface area contributed by atoms with Crippen molar-refractivity contribution in [2.24, 2.45) is 0 Å². The van der Waals surface area contributed by atoms with Gasteiger partial charge >= 0.3 is 0 Å². The molecule has 0 radical (unpaired) electrons. The molecule has 1 nitrogen and oxygen atoms in total. The van der Waals surface area contributed by atoms with Crippen molar-refractivity contribution in [3.05, 3.63) is 84.4 Å². The highest BCUT2D eigenvalue weighted by molar-refractivity contribution is 5.29. The van der Waals surface area contributed by atoms with Crippen LogP contribution in [-0.4, -0.2) is 11.7 Å². The van der Waals surface area contributed by atoms with Crippen LogP contribution in [0.2, 0.25) is 0 Å².